The van der Waals surface area contributed by atoms with Crippen molar-refractivity contribution in [3.05, 3.63) is 30.6 Å². The van der Waals surface area contributed by atoms with E-state index in [9.17, 15) is 8.96 Å². The Morgan fingerprint density at radius 1 is 1.32 bits per heavy atom. The molecule has 4 N–H and O–H groups in total. The first-order chi connectivity index (χ1) is 13.3. The molecule has 3 rings (SSSR count). The van der Waals surface area contributed by atoms with Gasteiger partial charge in [-0.15, -0.1) is 0 Å². The van der Waals surface area contributed by atoms with Crippen molar-refractivity contribution in [2.24, 2.45) is 0 Å². The lowest BCUT2D eigenvalue weighted by atomic mass is 10.3. The highest BCUT2D eigenvalue weighted by Crippen LogP contribution is 2.38. The topological polar surface area (TPSA) is 146 Å². The van der Waals surface area contributed by atoms with Crippen molar-refractivity contribution in [1.82, 2.24) is 19.5 Å². The summed E-state index contributed by atoms with van der Waals surface area (Å²) < 4.78 is 35.1. The average molecular weight is 429 g/mol. The summed E-state index contributed by atoms with van der Waals surface area (Å²) in [6.45, 7) is -1.31. The lowest BCUT2D eigenvalue weighted by Gasteiger charge is -2.15. The molecule has 0 fully saturated rings. The van der Waals surface area contributed by atoms with Gasteiger partial charge < -0.3 is 24.8 Å². The number of hydrogen-bond acceptors (Lipinski definition) is 8. The minimum absolute atomic E-state index is 0.0158. The Morgan fingerprint density at radius 2 is 2.04 bits per heavy atom. The number of imidazole rings is 1. The summed E-state index contributed by atoms with van der Waals surface area (Å²) in [6, 6.07) is 7.29. The summed E-state index contributed by atoms with van der Waals surface area (Å²) in [5.41, 5.74) is 6.51. The van der Waals surface area contributed by atoms with E-state index in [1.165, 1.54) is 22.7 Å². The Morgan fingerprint density at radius 3 is 2.64 bits per heavy atom. The second-order valence-electron chi connectivity index (χ2n) is 5.61. The molecule has 0 aliphatic heterocycles. The number of alkyl halides is 1. The lowest BCUT2D eigenvalue weighted by molar-refractivity contribution is 0.0993. The predicted molar refractivity (Wildman–Crippen MR) is 99.7 cm³/mol. The molecule has 0 amide bonds. The molecule has 1 unspecified atom stereocenters. The number of nitrogens with two attached hydrogens (primary N) is 1. The van der Waals surface area contributed by atoms with Crippen LogP contribution in [0.2, 0.25) is 0 Å². The van der Waals surface area contributed by atoms with Crippen LogP contribution in [0.3, 0.4) is 0 Å². The molecule has 10 nitrogen and oxygen atoms in total. The Kier molecular flexibility index (Phi) is 6.16. The van der Waals surface area contributed by atoms with Gasteiger partial charge in [-0.2, -0.15) is 4.98 Å². The van der Waals surface area contributed by atoms with E-state index in [4.69, 9.17) is 20.3 Å². The molecular weight excluding hydrogens is 412 g/mol. The number of rotatable bonds is 8. The molecule has 0 aliphatic carbocycles. The molecule has 0 radical (unpaired) electrons. The molecular formula is C15H17FN5O5PS. The second kappa shape index (κ2) is 8.41. The number of anilines is 1. The third kappa shape index (κ3) is 4.97. The molecule has 2 aromatic heterocycles. The van der Waals surface area contributed by atoms with Crippen molar-refractivity contribution in [1.29, 1.82) is 0 Å². The Bertz CT molecular complexity index is 1010. The number of phosphoric acid groups is 1. The number of hydrogen-bond donors (Lipinski definition) is 3. The molecule has 3 aromatic rings. The van der Waals surface area contributed by atoms with Crippen molar-refractivity contribution in [3.8, 4) is 5.75 Å². The maximum Gasteiger partial charge on any atom is 0.470 e. The Labute approximate surface area is 163 Å². The van der Waals surface area contributed by atoms with E-state index in [0.29, 0.717) is 21.9 Å². The van der Waals surface area contributed by atoms with E-state index in [0.717, 1.165) is 4.90 Å². The van der Waals surface area contributed by atoms with Crippen LogP contribution in [0.5, 0.6) is 5.75 Å². The molecule has 0 spiro atoms. The van der Waals surface area contributed by atoms with Gasteiger partial charge in [-0.1, -0.05) is 11.8 Å². The summed E-state index contributed by atoms with van der Waals surface area (Å²) in [6.07, 6.45) is -0.00476. The van der Waals surface area contributed by atoms with Crippen LogP contribution in [-0.2, 0) is 15.6 Å². The van der Waals surface area contributed by atoms with Gasteiger partial charge in [0.25, 0.3) is 0 Å². The predicted octanol–water partition coefficient (Wildman–Crippen LogP) is 2.02. The van der Waals surface area contributed by atoms with E-state index < -0.39 is 20.6 Å². The fourth-order valence-corrected chi connectivity index (χ4v) is 3.81. The van der Waals surface area contributed by atoms with Gasteiger partial charge >= 0.3 is 7.82 Å². The van der Waals surface area contributed by atoms with Gasteiger partial charge in [0.05, 0.1) is 20.0 Å². The van der Waals surface area contributed by atoms with Crippen LogP contribution in [0.15, 0.2) is 40.5 Å². The molecule has 150 valence electrons. The highest BCUT2D eigenvalue weighted by atomic mass is 32.2. The normalized spacial score (nSPS) is 13.0. The SMILES string of the molecule is COc1ccc(Sc2nc(N)nc3c2ncn3CC(CF)OP(=O)(O)O)cc1. The Hall–Kier alpha value is -2.24. The highest BCUT2D eigenvalue weighted by molar-refractivity contribution is 7.99. The van der Waals surface area contributed by atoms with Gasteiger partial charge in [-0.25, -0.2) is 18.9 Å². The average Bonchev–Trinajstić information content (AvgIpc) is 3.03. The van der Waals surface area contributed by atoms with E-state index in [-0.39, 0.29) is 12.5 Å². The molecule has 2 heterocycles. The summed E-state index contributed by atoms with van der Waals surface area (Å²) in [4.78, 5) is 31.2. The van der Waals surface area contributed by atoms with Gasteiger partial charge in [-0.3, -0.25) is 4.52 Å². The second-order valence-corrected chi connectivity index (χ2v) is 7.86. The van der Waals surface area contributed by atoms with Crippen molar-refractivity contribution in [2.75, 3.05) is 19.5 Å². The molecule has 28 heavy (non-hydrogen) atoms. The number of methoxy groups -OCH3 is 1. The molecule has 0 saturated carbocycles. The maximum absolute atomic E-state index is 13.1. The summed E-state index contributed by atoms with van der Waals surface area (Å²) >= 11 is 1.31. The molecule has 0 bridgehead atoms. The number of ether oxygens (including phenoxy) is 1. The number of nitrogens with zero attached hydrogens (tertiary/aromatic N) is 4. The number of benzene rings is 1. The van der Waals surface area contributed by atoms with E-state index in [1.54, 1.807) is 19.2 Å². The summed E-state index contributed by atoms with van der Waals surface area (Å²) in [5.74, 6) is 0.696. The maximum atomic E-state index is 13.1. The van der Waals surface area contributed by atoms with Gasteiger partial charge in [0, 0.05) is 4.90 Å². The third-order valence-corrected chi connectivity index (χ3v) is 5.14. The van der Waals surface area contributed by atoms with E-state index >= 15 is 0 Å². The van der Waals surface area contributed by atoms with Crippen LogP contribution in [0, 0.1) is 0 Å². The van der Waals surface area contributed by atoms with E-state index in [2.05, 4.69) is 19.5 Å². The smallest absolute Gasteiger partial charge is 0.470 e. The zero-order valence-electron chi connectivity index (χ0n) is 14.6. The number of fused-ring (bicyclic) bond motifs is 1. The minimum atomic E-state index is -4.83. The molecule has 0 saturated heterocycles. The summed E-state index contributed by atoms with van der Waals surface area (Å²) in [7, 11) is -3.26. The fourth-order valence-electron chi connectivity index (χ4n) is 2.42. The number of aromatic nitrogens is 4. The van der Waals surface area contributed by atoms with Gasteiger partial charge in [0.1, 0.15) is 29.1 Å². The monoisotopic (exact) mass is 429 g/mol. The minimum Gasteiger partial charge on any atom is -0.497 e. The fraction of sp³-hybridized carbons (Fsp3) is 0.267. The summed E-state index contributed by atoms with van der Waals surface area (Å²) in [5, 5.41) is 0.485. The highest BCUT2D eigenvalue weighted by Gasteiger charge is 2.24. The van der Waals surface area contributed by atoms with Crippen LogP contribution in [-0.4, -0.2) is 49.2 Å². The number of halogens is 1. The molecule has 1 aromatic carbocycles. The van der Waals surface area contributed by atoms with Gasteiger partial charge in [-0.05, 0) is 24.3 Å². The first kappa shape index (κ1) is 20.5. The quantitative estimate of drug-likeness (QED) is 0.359. The van der Waals surface area contributed by atoms with Crippen LogP contribution >= 0.6 is 19.6 Å². The third-order valence-electron chi connectivity index (χ3n) is 3.58. The molecule has 13 heteroatoms. The first-order valence-corrected chi connectivity index (χ1v) is 10.2. The largest absolute Gasteiger partial charge is 0.497 e. The standard InChI is InChI=1S/C15H17FN5O5PS/c1-25-9-2-4-11(5-3-9)28-14-12-13(19-15(17)20-14)21(8-18-12)7-10(6-16)26-27(22,23)24/h2-5,8,10H,6-7H2,1H3,(H2,17,19,20)(H2,22,23,24). The van der Waals surface area contributed by atoms with Gasteiger partial charge in [0.2, 0.25) is 5.95 Å². The van der Waals surface area contributed by atoms with Crippen molar-refractivity contribution in [3.63, 3.8) is 0 Å². The number of nitrogen functional groups attached to an aromatic ring is 1. The van der Waals surface area contributed by atoms with Crippen molar-refractivity contribution < 1.29 is 28.0 Å². The van der Waals surface area contributed by atoms with Crippen LogP contribution < -0.4 is 10.5 Å². The number of phosphoric ester groups is 1. The lowest BCUT2D eigenvalue weighted by Crippen LogP contribution is -2.21. The van der Waals surface area contributed by atoms with Gasteiger partial charge in [0.15, 0.2) is 5.65 Å². The zero-order chi connectivity index (χ0) is 20.3. The molecule has 0 aliphatic rings. The first-order valence-electron chi connectivity index (χ1n) is 7.89. The van der Waals surface area contributed by atoms with E-state index in [1.807, 2.05) is 12.1 Å². The van der Waals surface area contributed by atoms with Crippen molar-refractivity contribution in [2.45, 2.75) is 22.6 Å². The zero-order valence-corrected chi connectivity index (χ0v) is 16.3. The molecule has 1 atom stereocenters. The van der Waals surface area contributed by atoms with Crippen LogP contribution in [0.1, 0.15) is 0 Å². The van der Waals surface area contributed by atoms with Crippen molar-refractivity contribution >= 4 is 36.7 Å². The van der Waals surface area contributed by atoms with Crippen LogP contribution in [0.25, 0.3) is 11.2 Å². The van der Waals surface area contributed by atoms with Crippen LogP contribution in [0.4, 0.5) is 10.3 Å². The Balaban J connectivity index is 1.90.